The summed E-state index contributed by atoms with van der Waals surface area (Å²) in [5, 5.41) is 4.96. The van der Waals surface area contributed by atoms with Crippen molar-refractivity contribution in [2.75, 3.05) is 24.3 Å². The minimum Gasteiger partial charge on any atom is -0.464 e. The number of ether oxygens (including phenoxy) is 1. The van der Waals surface area contributed by atoms with Gasteiger partial charge < -0.3 is 4.74 Å². The van der Waals surface area contributed by atoms with Crippen molar-refractivity contribution in [3.8, 4) is 0 Å². The lowest BCUT2D eigenvalue weighted by atomic mass is 10.1. The van der Waals surface area contributed by atoms with Crippen molar-refractivity contribution in [3.05, 3.63) is 17.0 Å². The van der Waals surface area contributed by atoms with E-state index in [1.165, 1.54) is 11.1 Å². The summed E-state index contributed by atoms with van der Waals surface area (Å²) < 4.78 is 26.8. The summed E-state index contributed by atoms with van der Waals surface area (Å²) in [5.41, 5.74) is -0.209. The van der Waals surface area contributed by atoms with E-state index in [1.54, 1.807) is 0 Å². The van der Waals surface area contributed by atoms with Gasteiger partial charge in [0.25, 0.3) is 0 Å². The number of carbonyl (C=O) groups is 2. The molecule has 0 bridgehead atoms. The van der Waals surface area contributed by atoms with E-state index >= 15 is 0 Å². The zero-order valence-electron chi connectivity index (χ0n) is 11.5. The molecule has 22 heavy (non-hydrogen) atoms. The number of nitrogens with two attached hydrogens (primary N) is 1. The van der Waals surface area contributed by atoms with Crippen LogP contribution < -0.4 is 10.0 Å². The van der Waals surface area contributed by atoms with E-state index in [0.29, 0.717) is 0 Å². The Bertz CT molecular complexity index is 723. The second kappa shape index (κ2) is 6.15. The summed E-state index contributed by atoms with van der Waals surface area (Å²) in [6, 6.07) is 0. The van der Waals surface area contributed by atoms with E-state index in [9.17, 15) is 18.0 Å². The molecular formula is C11H13ClN4O5S. The number of carbonyl (C=O) groups excluding carboxylic acids is 2. The van der Waals surface area contributed by atoms with Gasteiger partial charge in [0, 0.05) is 18.9 Å². The van der Waals surface area contributed by atoms with Crippen LogP contribution in [-0.4, -0.2) is 49.7 Å². The van der Waals surface area contributed by atoms with Gasteiger partial charge in [0.15, 0.2) is 11.5 Å². The van der Waals surface area contributed by atoms with Gasteiger partial charge in [-0.1, -0.05) is 11.6 Å². The minimum absolute atomic E-state index is 0.0126. The Morgan fingerprint density at radius 1 is 1.59 bits per heavy atom. The van der Waals surface area contributed by atoms with Gasteiger partial charge in [-0.05, 0) is 0 Å². The molecule has 2 N–H and O–H groups in total. The van der Waals surface area contributed by atoms with Gasteiger partial charge in [0.1, 0.15) is 5.15 Å². The predicted molar refractivity (Wildman–Crippen MR) is 76.8 cm³/mol. The fourth-order valence-electron chi connectivity index (χ4n) is 2.22. The molecule has 1 fully saturated rings. The highest BCUT2D eigenvalue weighted by Crippen LogP contribution is 2.27. The first-order valence-corrected chi connectivity index (χ1v) is 8.22. The third kappa shape index (κ3) is 3.70. The Morgan fingerprint density at radius 3 is 2.86 bits per heavy atom. The number of primary sulfonamides is 1. The van der Waals surface area contributed by atoms with Gasteiger partial charge in [0.2, 0.25) is 15.9 Å². The van der Waals surface area contributed by atoms with Crippen LogP contribution in [-0.2, 0) is 19.6 Å². The molecule has 2 rings (SSSR count). The highest BCUT2D eigenvalue weighted by Gasteiger charge is 2.36. The van der Waals surface area contributed by atoms with Crippen LogP contribution in [0, 0.1) is 5.92 Å². The molecule has 2 heterocycles. The van der Waals surface area contributed by atoms with Gasteiger partial charge in [-0.15, -0.1) is 0 Å². The van der Waals surface area contributed by atoms with Crippen molar-refractivity contribution in [1.82, 2.24) is 9.97 Å². The summed E-state index contributed by atoms with van der Waals surface area (Å²) in [6.45, 7) is 0.0650. The van der Waals surface area contributed by atoms with Crippen LogP contribution in [0.4, 0.5) is 5.82 Å². The smallest absolute Gasteiger partial charge is 0.360 e. The molecule has 0 radical (unpaired) electrons. The molecule has 0 aromatic carbocycles. The van der Waals surface area contributed by atoms with E-state index < -0.39 is 21.9 Å². The zero-order chi connectivity index (χ0) is 16.5. The van der Waals surface area contributed by atoms with Crippen LogP contribution in [0.2, 0.25) is 5.15 Å². The van der Waals surface area contributed by atoms with Crippen LogP contribution in [0.25, 0.3) is 0 Å². The average Bonchev–Trinajstić information content (AvgIpc) is 2.76. The van der Waals surface area contributed by atoms with Crippen LogP contribution in [0.3, 0.4) is 0 Å². The van der Waals surface area contributed by atoms with Crippen LogP contribution in [0.15, 0.2) is 6.20 Å². The molecule has 1 aliphatic rings. The molecule has 1 amide bonds. The number of halogens is 1. The van der Waals surface area contributed by atoms with Crippen molar-refractivity contribution >= 4 is 39.3 Å². The standard InChI is InChI=1S/C11H13ClN4O5S/c1-21-11(18)9-10(14-3-7(12)15-9)16-4-6(2-8(16)17)5-22(13,19)20/h3,6H,2,4-5H2,1H3,(H2,13,19,20). The number of sulfonamides is 1. The molecule has 1 aromatic heterocycles. The van der Waals surface area contributed by atoms with Crippen molar-refractivity contribution < 1.29 is 22.7 Å². The third-order valence-corrected chi connectivity index (χ3v) is 4.15. The van der Waals surface area contributed by atoms with Crippen molar-refractivity contribution in [2.45, 2.75) is 6.42 Å². The molecule has 0 saturated carbocycles. The number of esters is 1. The lowest BCUT2D eigenvalue weighted by molar-refractivity contribution is -0.117. The summed E-state index contributed by atoms with van der Waals surface area (Å²) in [4.78, 5) is 32.7. The first kappa shape index (κ1) is 16.6. The SMILES string of the molecule is COC(=O)c1nc(Cl)cnc1N1CC(CS(N)(=O)=O)CC1=O. The molecule has 120 valence electrons. The monoisotopic (exact) mass is 348 g/mol. The minimum atomic E-state index is -3.70. The molecule has 9 nitrogen and oxygen atoms in total. The molecule has 1 atom stereocenters. The first-order valence-electron chi connectivity index (χ1n) is 6.13. The van der Waals surface area contributed by atoms with Gasteiger partial charge in [-0.3, -0.25) is 9.69 Å². The highest BCUT2D eigenvalue weighted by atomic mass is 35.5. The summed E-state index contributed by atoms with van der Waals surface area (Å²) in [7, 11) is -2.55. The molecule has 1 unspecified atom stereocenters. The molecule has 0 aliphatic carbocycles. The first-order chi connectivity index (χ1) is 10.2. The Labute approximate surface area is 131 Å². The predicted octanol–water partition coefficient (Wildman–Crippen LogP) is -0.442. The van der Waals surface area contributed by atoms with E-state index in [1.807, 2.05) is 0 Å². The number of aromatic nitrogens is 2. The lowest BCUT2D eigenvalue weighted by Crippen LogP contribution is -2.30. The number of amides is 1. The average molecular weight is 349 g/mol. The Kier molecular flexibility index (Phi) is 4.63. The second-order valence-corrected chi connectivity index (χ2v) is 6.81. The van der Waals surface area contributed by atoms with Crippen LogP contribution in [0.5, 0.6) is 0 Å². The molecule has 11 heteroatoms. The molecule has 1 saturated heterocycles. The highest BCUT2D eigenvalue weighted by molar-refractivity contribution is 7.89. The topological polar surface area (TPSA) is 133 Å². The maximum atomic E-state index is 12.1. The normalized spacial score (nSPS) is 18.6. The molecule has 1 aliphatic heterocycles. The molecular weight excluding hydrogens is 336 g/mol. The Balaban J connectivity index is 2.32. The summed E-state index contributed by atoms with van der Waals surface area (Å²) in [6.07, 6.45) is 1.17. The Hall–Kier alpha value is -1.78. The zero-order valence-corrected chi connectivity index (χ0v) is 13.1. The maximum absolute atomic E-state index is 12.1. The largest absolute Gasteiger partial charge is 0.464 e. The molecule has 1 aromatic rings. The number of hydrogen-bond donors (Lipinski definition) is 1. The van der Waals surface area contributed by atoms with Gasteiger partial charge >= 0.3 is 5.97 Å². The molecule has 0 spiro atoms. The Morgan fingerprint density at radius 2 is 2.27 bits per heavy atom. The number of rotatable bonds is 4. The lowest BCUT2D eigenvalue weighted by Gasteiger charge is -2.17. The number of methoxy groups -OCH3 is 1. The van der Waals surface area contributed by atoms with E-state index in [-0.39, 0.29) is 41.3 Å². The fourth-order valence-corrected chi connectivity index (χ4v) is 3.23. The maximum Gasteiger partial charge on any atom is 0.360 e. The van der Waals surface area contributed by atoms with Crippen LogP contribution >= 0.6 is 11.6 Å². The summed E-state index contributed by atoms with van der Waals surface area (Å²) in [5.74, 6) is -2.00. The van der Waals surface area contributed by atoms with Crippen molar-refractivity contribution in [2.24, 2.45) is 11.1 Å². The van der Waals surface area contributed by atoms with Gasteiger partial charge in [-0.2, -0.15) is 0 Å². The quantitative estimate of drug-likeness (QED) is 0.729. The van der Waals surface area contributed by atoms with E-state index in [0.717, 1.165) is 7.11 Å². The van der Waals surface area contributed by atoms with Crippen molar-refractivity contribution in [3.63, 3.8) is 0 Å². The van der Waals surface area contributed by atoms with Crippen molar-refractivity contribution in [1.29, 1.82) is 0 Å². The van der Waals surface area contributed by atoms with E-state index in [2.05, 4.69) is 14.7 Å². The van der Waals surface area contributed by atoms with Gasteiger partial charge in [0.05, 0.1) is 19.1 Å². The number of hydrogen-bond acceptors (Lipinski definition) is 7. The van der Waals surface area contributed by atoms with E-state index in [4.69, 9.17) is 16.7 Å². The van der Waals surface area contributed by atoms with Crippen LogP contribution in [0.1, 0.15) is 16.9 Å². The summed E-state index contributed by atoms with van der Waals surface area (Å²) >= 11 is 5.70. The number of anilines is 1. The fraction of sp³-hybridized carbons (Fsp3) is 0.455. The number of nitrogens with zero attached hydrogens (tertiary/aromatic N) is 3. The second-order valence-electron chi connectivity index (χ2n) is 4.76. The van der Waals surface area contributed by atoms with Gasteiger partial charge in [-0.25, -0.2) is 28.3 Å². The third-order valence-electron chi connectivity index (χ3n) is 3.03.